The van der Waals surface area contributed by atoms with Crippen molar-refractivity contribution >= 4 is 16.7 Å². The van der Waals surface area contributed by atoms with Gasteiger partial charge in [0.05, 0.1) is 24.8 Å². The minimum atomic E-state index is -0.300. The van der Waals surface area contributed by atoms with Crippen LogP contribution in [0.3, 0.4) is 0 Å². The highest BCUT2D eigenvalue weighted by molar-refractivity contribution is 5.88. The molecule has 0 spiro atoms. The fourth-order valence-electron chi connectivity index (χ4n) is 3.58. The quantitative estimate of drug-likeness (QED) is 0.484. The lowest BCUT2D eigenvalue weighted by molar-refractivity contribution is -0.122. The number of hydrogen-bond donors (Lipinski definition) is 1. The zero-order chi connectivity index (χ0) is 20.9. The molecule has 0 saturated carbocycles. The van der Waals surface area contributed by atoms with Crippen LogP contribution in [0.2, 0.25) is 0 Å². The fraction of sp³-hybridized carbons (Fsp3) is 0.154. The van der Waals surface area contributed by atoms with E-state index < -0.39 is 0 Å². The molecule has 4 aromatic rings. The van der Waals surface area contributed by atoms with Crippen molar-refractivity contribution in [3.05, 3.63) is 108 Å². The summed E-state index contributed by atoms with van der Waals surface area (Å²) in [5.41, 5.74) is 2.79. The van der Waals surface area contributed by atoms with Crippen molar-refractivity contribution in [1.29, 1.82) is 0 Å². The van der Waals surface area contributed by atoms with Gasteiger partial charge >= 0.3 is 0 Å². The van der Waals surface area contributed by atoms with Gasteiger partial charge < -0.3 is 10.1 Å². The number of fused-ring (bicyclic) bond motifs is 1. The molecule has 1 aromatic heterocycles. The van der Waals surface area contributed by atoms with Gasteiger partial charge in [0.25, 0.3) is 0 Å². The molecular formula is C26H24N2O2. The number of carbonyl (C=O) groups is 1. The molecule has 1 heterocycles. The SMILES string of the molecule is COc1ccc2cc(C(C)C(=O)NC(c3ccccc3)c3ccccn3)ccc2c1. The molecule has 30 heavy (non-hydrogen) atoms. The first-order valence-electron chi connectivity index (χ1n) is 9.99. The molecule has 0 aliphatic heterocycles. The number of methoxy groups -OCH3 is 1. The summed E-state index contributed by atoms with van der Waals surface area (Å²) in [5.74, 6) is 0.482. The fourth-order valence-corrected chi connectivity index (χ4v) is 3.58. The van der Waals surface area contributed by atoms with Crippen LogP contribution in [0.5, 0.6) is 5.75 Å². The zero-order valence-corrected chi connectivity index (χ0v) is 17.1. The van der Waals surface area contributed by atoms with Crippen molar-refractivity contribution in [3.8, 4) is 5.75 Å². The maximum atomic E-state index is 13.2. The van der Waals surface area contributed by atoms with Crippen LogP contribution < -0.4 is 10.1 Å². The van der Waals surface area contributed by atoms with E-state index in [0.717, 1.165) is 33.3 Å². The number of amides is 1. The van der Waals surface area contributed by atoms with Crippen molar-refractivity contribution in [2.24, 2.45) is 0 Å². The summed E-state index contributed by atoms with van der Waals surface area (Å²) >= 11 is 0. The first kappa shape index (κ1) is 19.6. The van der Waals surface area contributed by atoms with E-state index in [0.29, 0.717) is 0 Å². The van der Waals surface area contributed by atoms with Crippen molar-refractivity contribution in [2.75, 3.05) is 7.11 Å². The van der Waals surface area contributed by atoms with Gasteiger partial charge in [-0.3, -0.25) is 9.78 Å². The molecule has 0 saturated heterocycles. The average molecular weight is 396 g/mol. The normalized spacial score (nSPS) is 12.9. The number of hydrogen-bond acceptors (Lipinski definition) is 3. The number of nitrogens with one attached hydrogen (secondary N) is 1. The molecule has 150 valence electrons. The number of carbonyl (C=O) groups excluding carboxylic acids is 1. The van der Waals surface area contributed by atoms with Crippen LogP contribution in [0.15, 0.2) is 91.1 Å². The van der Waals surface area contributed by atoms with E-state index in [9.17, 15) is 4.79 Å². The summed E-state index contributed by atoms with van der Waals surface area (Å²) < 4.78 is 5.30. The van der Waals surface area contributed by atoms with Gasteiger partial charge in [-0.05, 0) is 53.1 Å². The Kier molecular flexibility index (Phi) is 5.75. The Labute approximate surface area is 176 Å². The van der Waals surface area contributed by atoms with E-state index in [2.05, 4.69) is 16.4 Å². The predicted molar refractivity (Wildman–Crippen MR) is 120 cm³/mol. The molecule has 0 fully saturated rings. The molecule has 1 amide bonds. The second-order valence-corrected chi connectivity index (χ2v) is 7.30. The van der Waals surface area contributed by atoms with E-state index in [1.54, 1.807) is 13.3 Å². The van der Waals surface area contributed by atoms with Crippen molar-refractivity contribution < 1.29 is 9.53 Å². The molecule has 3 aromatic carbocycles. The van der Waals surface area contributed by atoms with Crippen LogP contribution in [0, 0.1) is 0 Å². The van der Waals surface area contributed by atoms with E-state index in [-0.39, 0.29) is 17.9 Å². The van der Waals surface area contributed by atoms with E-state index in [1.165, 1.54) is 0 Å². The van der Waals surface area contributed by atoms with Gasteiger partial charge in [0.1, 0.15) is 5.75 Å². The number of aromatic nitrogens is 1. The summed E-state index contributed by atoms with van der Waals surface area (Å²) in [7, 11) is 1.66. The van der Waals surface area contributed by atoms with Crippen LogP contribution in [0.4, 0.5) is 0 Å². The summed E-state index contributed by atoms with van der Waals surface area (Å²) in [5, 5.41) is 5.36. The highest BCUT2D eigenvalue weighted by atomic mass is 16.5. The molecule has 0 bridgehead atoms. The van der Waals surface area contributed by atoms with Crippen molar-refractivity contribution in [2.45, 2.75) is 18.9 Å². The Morgan fingerprint density at radius 1 is 0.867 bits per heavy atom. The van der Waals surface area contributed by atoms with Crippen molar-refractivity contribution in [3.63, 3.8) is 0 Å². The number of ether oxygens (including phenoxy) is 1. The first-order chi connectivity index (χ1) is 14.7. The smallest absolute Gasteiger partial charge is 0.228 e. The third-order valence-electron chi connectivity index (χ3n) is 5.37. The molecule has 2 unspecified atom stereocenters. The molecule has 2 atom stereocenters. The van der Waals surface area contributed by atoms with Gasteiger partial charge in [0.2, 0.25) is 5.91 Å². The standard InChI is InChI=1S/C26H24N2O2/c1-18(20-11-12-22-17-23(30-2)14-13-21(22)16-20)26(29)28-25(19-8-4-3-5-9-19)24-10-6-7-15-27-24/h3-18,25H,1-2H3,(H,28,29). The van der Waals surface area contributed by atoms with Gasteiger partial charge in [0.15, 0.2) is 0 Å². The Morgan fingerprint density at radius 2 is 1.60 bits per heavy atom. The Balaban J connectivity index is 1.60. The van der Waals surface area contributed by atoms with Crippen LogP contribution in [-0.2, 0) is 4.79 Å². The predicted octanol–water partition coefficient (Wildman–Crippen LogP) is 5.25. The third kappa shape index (κ3) is 4.18. The molecular weight excluding hydrogens is 372 g/mol. The lowest BCUT2D eigenvalue weighted by Crippen LogP contribution is -2.33. The molecule has 4 heteroatoms. The van der Waals surface area contributed by atoms with E-state index >= 15 is 0 Å². The molecule has 4 nitrogen and oxygen atoms in total. The second kappa shape index (κ2) is 8.78. The minimum Gasteiger partial charge on any atom is -0.497 e. The molecule has 0 radical (unpaired) electrons. The van der Waals surface area contributed by atoms with Gasteiger partial charge in [-0.25, -0.2) is 0 Å². The Morgan fingerprint density at radius 3 is 2.33 bits per heavy atom. The summed E-state index contributed by atoms with van der Waals surface area (Å²) in [4.78, 5) is 17.6. The van der Waals surface area contributed by atoms with Gasteiger partial charge in [-0.1, -0.05) is 60.7 Å². The minimum absolute atomic E-state index is 0.0395. The number of benzene rings is 3. The van der Waals surface area contributed by atoms with E-state index in [4.69, 9.17) is 4.74 Å². The largest absolute Gasteiger partial charge is 0.497 e. The maximum Gasteiger partial charge on any atom is 0.228 e. The number of pyridine rings is 1. The van der Waals surface area contributed by atoms with Crippen LogP contribution >= 0.6 is 0 Å². The number of nitrogens with zero attached hydrogens (tertiary/aromatic N) is 1. The maximum absolute atomic E-state index is 13.2. The van der Waals surface area contributed by atoms with Crippen LogP contribution in [-0.4, -0.2) is 18.0 Å². The van der Waals surface area contributed by atoms with Crippen molar-refractivity contribution in [1.82, 2.24) is 10.3 Å². The monoisotopic (exact) mass is 396 g/mol. The molecule has 1 N–H and O–H groups in total. The summed E-state index contributed by atoms with van der Waals surface area (Å²) in [6, 6.07) is 27.4. The highest BCUT2D eigenvalue weighted by Gasteiger charge is 2.22. The molecule has 4 rings (SSSR count). The summed E-state index contributed by atoms with van der Waals surface area (Å²) in [6.07, 6.45) is 1.75. The lowest BCUT2D eigenvalue weighted by atomic mass is 9.95. The zero-order valence-electron chi connectivity index (χ0n) is 17.1. The second-order valence-electron chi connectivity index (χ2n) is 7.30. The molecule has 0 aliphatic rings. The Hall–Kier alpha value is -3.66. The lowest BCUT2D eigenvalue weighted by Gasteiger charge is -2.21. The Bertz CT molecular complexity index is 1100. The number of rotatable bonds is 6. The van der Waals surface area contributed by atoms with Gasteiger partial charge in [0, 0.05) is 6.20 Å². The van der Waals surface area contributed by atoms with Gasteiger partial charge in [-0.15, -0.1) is 0 Å². The van der Waals surface area contributed by atoms with E-state index in [1.807, 2.05) is 85.8 Å². The topological polar surface area (TPSA) is 51.2 Å². The molecule has 0 aliphatic carbocycles. The highest BCUT2D eigenvalue weighted by Crippen LogP contribution is 2.27. The van der Waals surface area contributed by atoms with Crippen LogP contribution in [0.25, 0.3) is 10.8 Å². The average Bonchev–Trinajstić information content (AvgIpc) is 2.82. The van der Waals surface area contributed by atoms with Crippen LogP contribution in [0.1, 0.15) is 35.7 Å². The third-order valence-corrected chi connectivity index (χ3v) is 5.37. The summed E-state index contributed by atoms with van der Waals surface area (Å²) in [6.45, 7) is 1.93. The van der Waals surface area contributed by atoms with Gasteiger partial charge in [-0.2, -0.15) is 0 Å². The first-order valence-corrected chi connectivity index (χ1v) is 9.99.